The van der Waals surface area contributed by atoms with E-state index in [9.17, 15) is 18.4 Å². The molecular weight excluding hydrogens is 338 g/mol. The van der Waals surface area contributed by atoms with Crippen molar-refractivity contribution >= 4 is 11.6 Å². The first kappa shape index (κ1) is 17.5. The maximum Gasteiger partial charge on any atom is 0.257 e. The minimum atomic E-state index is -0.486. The Morgan fingerprint density at radius 3 is 2.27 bits per heavy atom. The van der Waals surface area contributed by atoms with E-state index in [1.807, 2.05) is 0 Å². The van der Waals surface area contributed by atoms with Gasteiger partial charge in [0.15, 0.2) is 0 Å². The van der Waals surface area contributed by atoms with E-state index >= 15 is 0 Å². The number of amides is 1. The number of rotatable bonds is 3. The predicted molar refractivity (Wildman–Crippen MR) is 95.8 cm³/mol. The summed E-state index contributed by atoms with van der Waals surface area (Å²) in [7, 11) is 0. The van der Waals surface area contributed by atoms with Crippen molar-refractivity contribution in [3.8, 4) is 5.69 Å². The van der Waals surface area contributed by atoms with Crippen LogP contribution in [0.5, 0.6) is 0 Å². The number of carbonyl (C=O) groups excluding carboxylic acids is 1. The van der Waals surface area contributed by atoms with E-state index in [0.717, 1.165) is 0 Å². The molecule has 0 aliphatic rings. The Labute approximate surface area is 148 Å². The number of pyridine rings is 1. The Bertz CT molecular complexity index is 1060. The Morgan fingerprint density at radius 1 is 0.962 bits per heavy atom. The maximum absolute atomic E-state index is 13.5. The molecule has 0 aliphatic heterocycles. The number of nitrogens with zero attached hydrogens (tertiary/aromatic N) is 1. The quantitative estimate of drug-likeness (QED) is 0.773. The van der Waals surface area contributed by atoms with Crippen molar-refractivity contribution in [1.29, 1.82) is 0 Å². The maximum atomic E-state index is 13.5. The van der Waals surface area contributed by atoms with Crippen molar-refractivity contribution in [1.82, 2.24) is 4.57 Å². The molecule has 0 unspecified atom stereocenters. The van der Waals surface area contributed by atoms with E-state index in [2.05, 4.69) is 5.32 Å². The van der Waals surface area contributed by atoms with Crippen molar-refractivity contribution in [2.24, 2.45) is 0 Å². The SMILES string of the molecule is Cc1cc(=O)n(-c2cccc(F)c2)c(C)c1C(=O)Nc1cccc(F)c1. The number of anilines is 1. The molecule has 1 N–H and O–H groups in total. The highest BCUT2D eigenvalue weighted by atomic mass is 19.1. The average molecular weight is 354 g/mol. The predicted octanol–water partition coefficient (Wildman–Crippen LogP) is 3.98. The molecule has 1 heterocycles. The highest BCUT2D eigenvalue weighted by Crippen LogP contribution is 2.19. The number of carbonyl (C=O) groups is 1. The first-order chi connectivity index (χ1) is 12.4. The first-order valence-corrected chi connectivity index (χ1v) is 7.93. The summed E-state index contributed by atoms with van der Waals surface area (Å²) in [5.41, 5.74) is 1.39. The van der Waals surface area contributed by atoms with E-state index in [-0.39, 0.29) is 11.1 Å². The molecule has 2 aromatic carbocycles. The lowest BCUT2D eigenvalue weighted by Gasteiger charge is -2.16. The summed E-state index contributed by atoms with van der Waals surface area (Å²) in [5.74, 6) is -1.43. The highest BCUT2D eigenvalue weighted by Gasteiger charge is 2.18. The smallest absolute Gasteiger partial charge is 0.257 e. The summed E-state index contributed by atoms with van der Waals surface area (Å²) in [5, 5.41) is 2.62. The summed E-state index contributed by atoms with van der Waals surface area (Å²) in [6.45, 7) is 3.25. The van der Waals surface area contributed by atoms with Crippen LogP contribution in [0.1, 0.15) is 21.6 Å². The molecule has 132 valence electrons. The van der Waals surface area contributed by atoms with Crippen LogP contribution in [0.4, 0.5) is 14.5 Å². The van der Waals surface area contributed by atoms with Crippen LogP contribution in [0.15, 0.2) is 59.4 Å². The van der Waals surface area contributed by atoms with Gasteiger partial charge in [0.05, 0.1) is 11.3 Å². The zero-order valence-corrected chi connectivity index (χ0v) is 14.2. The van der Waals surface area contributed by atoms with Gasteiger partial charge in [0.1, 0.15) is 11.6 Å². The number of aryl methyl sites for hydroxylation is 1. The van der Waals surface area contributed by atoms with Crippen molar-refractivity contribution in [3.05, 3.63) is 93.4 Å². The molecule has 0 fully saturated rings. The van der Waals surface area contributed by atoms with Crippen LogP contribution in [-0.4, -0.2) is 10.5 Å². The number of halogens is 2. The molecule has 1 amide bonds. The van der Waals surface area contributed by atoms with Gasteiger partial charge >= 0.3 is 0 Å². The van der Waals surface area contributed by atoms with Gasteiger partial charge in [-0.25, -0.2) is 8.78 Å². The number of hydrogen-bond donors (Lipinski definition) is 1. The third kappa shape index (κ3) is 3.39. The van der Waals surface area contributed by atoms with Crippen LogP contribution in [0.2, 0.25) is 0 Å². The fraction of sp³-hybridized carbons (Fsp3) is 0.100. The lowest BCUT2D eigenvalue weighted by Crippen LogP contribution is -2.26. The Hall–Kier alpha value is -3.28. The topological polar surface area (TPSA) is 51.1 Å². The van der Waals surface area contributed by atoms with E-state index in [0.29, 0.717) is 22.6 Å². The van der Waals surface area contributed by atoms with Gasteiger partial charge < -0.3 is 5.32 Å². The Morgan fingerprint density at radius 2 is 1.62 bits per heavy atom. The molecule has 6 heteroatoms. The fourth-order valence-corrected chi connectivity index (χ4v) is 2.92. The molecule has 0 aliphatic carbocycles. The minimum Gasteiger partial charge on any atom is -0.322 e. The zero-order chi connectivity index (χ0) is 18.8. The third-order valence-corrected chi connectivity index (χ3v) is 4.03. The molecule has 26 heavy (non-hydrogen) atoms. The van der Waals surface area contributed by atoms with E-state index < -0.39 is 17.5 Å². The van der Waals surface area contributed by atoms with Crippen LogP contribution in [0, 0.1) is 25.5 Å². The van der Waals surface area contributed by atoms with Crippen molar-refractivity contribution < 1.29 is 13.6 Å². The number of nitrogens with one attached hydrogen (secondary N) is 1. The van der Waals surface area contributed by atoms with Gasteiger partial charge in [-0.3, -0.25) is 14.2 Å². The molecule has 1 aromatic heterocycles. The second kappa shape index (κ2) is 6.92. The van der Waals surface area contributed by atoms with Crippen LogP contribution in [0.3, 0.4) is 0 Å². The molecule has 0 atom stereocenters. The van der Waals surface area contributed by atoms with Gasteiger partial charge in [-0.15, -0.1) is 0 Å². The summed E-state index contributed by atoms with van der Waals surface area (Å²) in [4.78, 5) is 25.1. The van der Waals surface area contributed by atoms with Gasteiger partial charge in [0.2, 0.25) is 0 Å². The number of benzene rings is 2. The second-order valence-electron chi connectivity index (χ2n) is 5.91. The summed E-state index contributed by atoms with van der Waals surface area (Å²) >= 11 is 0. The summed E-state index contributed by atoms with van der Waals surface area (Å²) < 4.78 is 28.1. The third-order valence-electron chi connectivity index (χ3n) is 4.03. The number of hydrogen-bond acceptors (Lipinski definition) is 2. The van der Waals surface area contributed by atoms with Gasteiger partial charge in [-0.05, 0) is 55.8 Å². The van der Waals surface area contributed by atoms with Crippen molar-refractivity contribution in [2.45, 2.75) is 13.8 Å². The van der Waals surface area contributed by atoms with Crippen molar-refractivity contribution in [2.75, 3.05) is 5.32 Å². The van der Waals surface area contributed by atoms with Gasteiger partial charge in [0.25, 0.3) is 11.5 Å². The van der Waals surface area contributed by atoms with E-state index in [1.54, 1.807) is 26.0 Å². The van der Waals surface area contributed by atoms with Gasteiger partial charge in [-0.1, -0.05) is 12.1 Å². The van der Waals surface area contributed by atoms with Gasteiger partial charge in [-0.2, -0.15) is 0 Å². The molecule has 0 bridgehead atoms. The molecule has 4 nitrogen and oxygen atoms in total. The molecule has 0 radical (unpaired) electrons. The highest BCUT2D eigenvalue weighted by molar-refractivity contribution is 6.06. The minimum absolute atomic E-state index is 0.276. The molecule has 0 saturated carbocycles. The Kier molecular flexibility index (Phi) is 4.67. The lowest BCUT2D eigenvalue weighted by molar-refractivity contribution is 0.102. The van der Waals surface area contributed by atoms with Gasteiger partial charge in [0, 0.05) is 17.4 Å². The summed E-state index contributed by atoms with van der Waals surface area (Å²) in [6.07, 6.45) is 0. The first-order valence-electron chi connectivity index (χ1n) is 7.93. The number of aromatic nitrogens is 1. The molecule has 3 rings (SSSR count). The normalized spacial score (nSPS) is 10.6. The lowest BCUT2D eigenvalue weighted by atomic mass is 10.1. The zero-order valence-electron chi connectivity index (χ0n) is 14.2. The van der Waals surface area contributed by atoms with Crippen LogP contribution in [0.25, 0.3) is 5.69 Å². The fourth-order valence-electron chi connectivity index (χ4n) is 2.92. The molecule has 0 saturated heterocycles. The molecule has 0 spiro atoms. The van der Waals surface area contributed by atoms with Crippen molar-refractivity contribution in [3.63, 3.8) is 0 Å². The monoisotopic (exact) mass is 354 g/mol. The van der Waals surface area contributed by atoms with Crippen LogP contribution >= 0.6 is 0 Å². The average Bonchev–Trinajstić information content (AvgIpc) is 2.54. The standard InChI is InChI=1S/C20H16F2N2O2/c1-12-9-18(25)24(17-8-4-6-15(22)11-17)13(2)19(12)20(26)23-16-7-3-5-14(21)10-16/h3-11H,1-2H3,(H,23,26). The largest absolute Gasteiger partial charge is 0.322 e. The van der Waals surface area contributed by atoms with E-state index in [1.165, 1.54) is 47.0 Å². The summed E-state index contributed by atoms with van der Waals surface area (Å²) in [6, 6.07) is 12.4. The van der Waals surface area contributed by atoms with Crippen LogP contribution < -0.4 is 10.9 Å². The molecule has 3 aromatic rings. The molecular formula is C20H16F2N2O2. The Balaban J connectivity index is 2.09. The van der Waals surface area contributed by atoms with Crippen LogP contribution in [-0.2, 0) is 0 Å². The van der Waals surface area contributed by atoms with E-state index in [4.69, 9.17) is 0 Å². The second-order valence-corrected chi connectivity index (χ2v) is 5.91.